The summed E-state index contributed by atoms with van der Waals surface area (Å²) in [6.45, 7) is 1.06. The first-order valence-electron chi connectivity index (χ1n) is 17.3. The number of anilines is 2. The Morgan fingerprint density at radius 3 is 1.80 bits per heavy atom. The monoisotopic (exact) mass is 690 g/mol. The van der Waals surface area contributed by atoms with E-state index in [0.29, 0.717) is 84.8 Å². The van der Waals surface area contributed by atoms with Crippen molar-refractivity contribution in [3.8, 4) is 11.5 Å². The molecule has 0 spiro atoms. The lowest BCUT2D eigenvalue weighted by Crippen LogP contribution is -2.34. The van der Waals surface area contributed by atoms with E-state index in [0.717, 1.165) is 25.7 Å². The van der Waals surface area contributed by atoms with Gasteiger partial charge < -0.3 is 42.2 Å². The van der Waals surface area contributed by atoms with Gasteiger partial charge in [0.1, 0.15) is 12.1 Å². The van der Waals surface area contributed by atoms with Crippen LogP contribution in [0.3, 0.4) is 0 Å². The van der Waals surface area contributed by atoms with Crippen molar-refractivity contribution in [3.05, 3.63) is 59.2 Å². The highest BCUT2D eigenvalue weighted by Crippen LogP contribution is 2.33. The van der Waals surface area contributed by atoms with Crippen LogP contribution in [0.2, 0.25) is 0 Å². The zero-order valence-electron chi connectivity index (χ0n) is 29.9. The highest BCUT2D eigenvalue weighted by Gasteiger charge is 2.31. The van der Waals surface area contributed by atoms with Crippen molar-refractivity contribution in [2.75, 3.05) is 51.1 Å². The molecule has 12 heteroatoms. The maximum Gasteiger partial charge on any atom is 0.328 e. The van der Waals surface area contributed by atoms with Gasteiger partial charge in [-0.05, 0) is 111 Å². The third-order valence-corrected chi connectivity index (χ3v) is 8.59. The summed E-state index contributed by atoms with van der Waals surface area (Å²) in [5.74, 6) is -1.78. The second-order valence-electron chi connectivity index (χ2n) is 13.1. The van der Waals surface area contributed by atoms with E-state index in [4.69, 9.17) is 32.4 Å². The summed E-state index contributed by atoms with van der Waals surface area (Å²) >= 11 is 0. The number of ether oxygens (including phenoxy) is 2. The fourth-order valence-electron chi connectivity index (χ4n) is 5.66. The normalized spacial score (nSPS) is 16.7. The molecule has 3 rings (SSSR count). The predicted octanol–water partition coefficient (Wildman–Crippen LogP) is 3.58. The van der Waals surface area contributed by atoms with E-state index >= 15 is 0 Å². The fraction of sp³-hybridized carbons (Fsp3) is 0.474. The number of carbonyl (C=O) groups excluding carboxylic acids is 4. The van der Waals surface area contributed by atoms with Crippen LogP contribution >= 0.6 is 0 Å². The summed E-state index contributed by atoms with van der Waals surface area (Å²) < 4.78 is 11.4. The Bertz CT molecular complexity index is 1550. The van der Waals surface area contributed by atoms with Gasteiger partial charge in [0.2, 0.25) is 0 Å². The van der Waals surface area contributed by atoms with E-state index in [1.165, 1.54) is 6.08 Å². The second kappa shape index (κ2) is 19.7. The minimum absolute atomic E-state index is 0.232. The number of ketones is 2. The number of esters is 2. The average Bonchev–Trinajstić information content (AvgIpc) is 3.08. The van der Waals surface area contributed by atoms with E-state index in [-0.39, 0.29) is 11.6 Å². The number of rotatable bonds is 18. The summed E-state index contributed by atoms with van der Waals surface area (Å²) in [6.07, 6.45) is 10.3. The van der Waals surface area contributed by atoms with Crippen molar-refractivity contribution < 1.29 is 28.7 Å². The Morgan fingerprint density at radius 1 is 0.800 bits per heavy atom. The van der Waals surface area contributed by atoms with Gasteiger partial charge in [0.25, 0.3) is 0 Å². The molecule has 8 N–H and O–H groups in total. The lowest BCUT2D eigenvalue weighted by molar-refractivity contribution is -0.136. The number of nitrogens with two attached hydrogens (primary N) is 4. The average molecular weight is 691 g/mol. The molecule has 272 valence electrons. The standard InChI is InChI=1S/C38H54N6O6/c1-43(2)31-17-14-25(23-34(31)49-37(47)29(41)12-5-7-20-39)16-19-33(45)28-11-9-10-27(36(28)46)22-26-15-18-32(44(3)4)35(24-26)50-38(48)30(42)13-6-8-21-40/h14-19,22-24,28-30H,5-13,20-21,39-42H2,1-4H3/b19-16+,27-22+. The molecule has 0 radical (unpaired) electrons. The molecule has 0 heterocycles. The maximum absolute atomic E-state index is 13.6. The minimum atomic E-state index is -0.819. The largest absolute Gasteiger partial charge is 0.423 e. The van der Waals surface area contributed by atoms with Gasteiger partial charge >= 0.3 is 11.9 Å². The number of hydrogen-bond acceptors (Lipinski definition) is 12. The summed E-state index contributed by atoms with van der Waals surface area (Å²) in [5.41, 5.74) is 26.4. The Labute approximate surface area is 295 Å². The molecule has 3 atom stereocenters. The molecule has 1 fully saturated rings. The topological polar surface area (TPSA) is 197 Å². The highest BCUT2D eigenvalue weighted by atomic mass is 16.5. The lowest BCUT2D eigenvalue weighted by Gasteiger charge is -2.22. The molecule has 50 heavy (non-hydrogen) atoms. The predicted molar refractivity (Wildman–Crippen MR) is 199 cm³/mol. The van der Waals surface area contributed by atoms with Gasteiger partial charge in [0.05, 0.1) is 17.3 Å². The summed E-state index contributed by atoms with van der Waals surface area (Å²) in [6, 6.07) is 9.08. The number of benzene rings is 2. The van der Waals surface area contributed by atoms with Crippen molar-refractivity contribution in [2.24, 2.45) is 28.9 Å². The van der Waals surface area contributed by atoms with Crippen LogP contribution < -0.4 is 42.2 Å². The number of carbonyl (C=O) groups is 4. The second-order valence-corrected chi connectivity index (χ2v) is 13.1. The third-order valence-electron chi connectivity index (χ3n) is 8.59. The molecule has 1 aliphatic rings. The molecule has 1 aliphatic carbocycles. The first-order valence-corrected chi connectivity index (χ1v) is 17.3. The zero-order valence-corrected chi connectivity index (χ0v) is 29.9. The molecule has 0 aliphatic heterocycles. The van der Waals surface area contributed by atoms with Crippen molar-refractivity contribution in [1.29, 1.82) is 0 Å². The quantitative estimate of drug-likeness (QED) is 0.0584. The number of hydrogen-bond donors (Lipinski definition) is 4. The Hall–Kier alpha value is -4.36. The highest BCUT2D eigenvalue weighted by molar-refractivity contribution is 6.16. The number of nitrogens with zero attached hydrogens (tertiary/aromatic N) is 2. The summed E-state index contributed by atoms with van der Waals surface area (Å²) in [4.78, 5) is 56.0. The number of Topliss-reactive ketones (excluding diaryl/α,β-unsaturated/α-hetero) is 1. The van der Waals surface area contributed by atoms with Crippen molar-refractivity contribution in [2.45, 2.75) is 69.9 Å². The van der Waals surface area contributed by atoms with Crippen LogP contribution in [0, 0.1) is 5.92 Å². The number of unbranched alkanes of at least 4 members (excludes halogenated alkanes) is 2. The minimum Gasteiger partial charge on any atom is -0.423 e. The first kappa shape index (κ1) is 40.1. The van der Waals surface area contributed by atoms with Gasteiger partial charge in [0.15, 0.2) is 23.1 Å². The van der Waals surface area contributed by atoms with Gasteiger partial charge in [-0.3, -0.25) is 9.59 Å². The van der Waals surface area contributed by atoms with Crippen LogP contribution in [0.5, 0.6) is 11.5 Å². The summed E-state index contributed by atoms with van der Waals surface area (Å²) in [7, 11) is 7.34. The van der Waals surface area contributed by atoms with Crippen LogP contribution in [0.4, 0.5) is 11.4 Å². The van der Waals surface area contributed by atoms with E-state index in [9.17, 15) is 19.2 Å². The molecule has 12 nitrogen and oxygen atoms in total. The molecule has 2 aromatic carbocycles. The van der Waals surface area contributed by atoms with Crippen LogP contribution in [-0.4, -0.2) is 76.9 Å². The van der Waals surface area contributed by atoms with E-state index in [1.54, 1.807) is 36.4 Å². The zero-order chi connectivity index (χ0) is 36.8. The van der Waals surface area contributed by atoms with Gasteiger partial charge in [-0.1, -0.05) is 31.1 Å². The van der Waals surface area contributed by atoms with Gasteiger partial charge in [-0.15, -0.1) is 0 Å². The van der Waals surface area contributed by atoms with E-state index < -0.39 is 29.9 Å². The Kier molecular flexibility index (Phi) is 15.8. The first-order chi connectivity index (χ1) is 23.9. The smallest absolute Gasteiger partial charge is 0.328 e. The fourth-order valence-corrected chi connectivity index (χ4v) is 5.66. The van der Waals surface area contributed by atoms with Crippen molar-refractivity contribution in [1.82, 2.24) is 0 Å². The molecular weight excluding hydrogens is 636 g/mol. The lowest BCUT2D eigenvalue weighted by atomic mass is 9.81. The van der Waals surface area contributed by atoms with Crippen molar-refractivity contribution in [3.63, 3.8) is 0 Å². The third kappa shape index (κ3) is 11.6. The molecule has 1 saturated carbocycles. The van der Waals surface area contributed by atoms with Gasteiger partial charge in [-0.2, -0.15) is 0 Å². The molecule has 0 aromatic heterocycles. The van der Waals surface area contributed by atoms with Gasteiger partial charge in [-0.25, -0.2) is 9.59 Å². The van der Waals surface area contributed by atoms with Crippen LogP contribution in [0.25, 0.3) is 12.2 Å². The molecule has 0 saturated heterocycles. The SMILES string of the molecule is CN(C)c1ccc(/C=C/C(=O)C2CCC/C(=C\c3ccc(N(C)C)c(OC(=O)C(N)CCCCN)c3)C2=O)cc1OC(=O)C(N)CCCCN. The molecule has 0 bridgehead atoms. The van der Waals surface area contributed by atoms with Crippen LogP contribution in [-0.2, 0) is 19.2 Å². The molecule has 3 unspecified atom stereocenters. The van der Waals surface area contributed by atoms with Crippen LogP contribution in [0.15, 0.2) is 48.0 Å². The van der Waals surface area contributed by atoms with E-state index in [2.05, 4.69) is 0 Å². The maximum atomic E-state index is 13.6. The number of allylic oxidation sites excluding steroid dienone is 2. The van der Waals surface area contributed by atoms with E-state index in [1.807, 2.05) is 50.1 Å². The summed E-state index contributed by atoms with van der Waals surface area (Å²) in [5, 5.41) is 0. The van der Waals surface area contributed by atoms with Crippen molar-refractivity contribution >= 4 is 47.0 Å². The van der Waals surface area contributed by atoms with Gasteiger partial charge in [0, 0.05) is 28.2 Å². The molecular formula is C38H54N6O6. The van der Waals surface area contributed by atoms with Crippen LogP contribution in [0.1, 0.15) is 68.9 Å². The molecule has 2 aromatic rings. The Morgan fingerprint density at radius 2 is 1.30 bits per heavy atom. The molecule has 0 amide bonds. The Balaban J connectivity index is 1.76.